The monoisotopic (exact) mass is 460 g/mol. The largest absolute Gasteiger partial charge is 0.465 e. The van der Waals surface area contributed by atoms with E-state index < -0.39 is 0 Å². The molecule has 0 saturated carbocycles. The van der Waals surface area contributed by atoms with Gasteiger partial charge in [0.1, 0.15) is 0 Å². The molecule has 0 fully saturated rings. The Morgan fingerprint density at radius 2 is 1.39 bits per heavy atom. The van der Waals surface area contributed by atoms with E-state index in [9.17, 15) is 4.79 Å². The maximum absolute atomic E-state index is 12.3. The highest BCUT2D eigenvalue weighted by molar-refractivity contribution is 9.09. The summed E-state index contributed by atoms with van der Waals surface area (Å²) >= 11 is 3.49. The maximum atomic E-state index is 12.3. The highest BCUT2D eigenvalue weighted by Gasteiger charge is 2.20. The molecular weight excluding hydrogens is 412 g/mol. The van der Waals surface area contributed by atoms with E-state index in [1.54, 1.807) is 0 Å². The molecule has 0 aromatic rings. The molecule has 0 atom stereocenters. The molecule has 168 valence electrons. The molecule has 0 aliphatic heterocycles. The lowest BCUT2D eigenvalue weighted by Gasteiger charge is -2.24. The van der Waals surface area contributed by atoms with Gasteiger partial charge in [0.15, 0.2) is 0 Å². The van der Waals surface area contributed by atoms with Crippen molar-refractivity contribution in [2.45, 2.75) is 130 Å². The fourth-order valence-electron chi connectivity index (χ4n) is 3.77. The van der Waals surface area contributed by atoms with Gasteiger partial charge in [0.25, 0.3) is 0 Å². The number of hydrogen-bond acceptors (Lipinski definition) is 2. The second-order valence-corrected chi connectivity index (χ2v) is 10.2. The van der Waals surface area contributed by atoms with Crippen LogP contribution < -0.4 is 0 Å². The number of ether oxygens (including phenoxy) is 1. The predicted octanol–water partition coefficient (Wildman–Crippen LogP) is 8.85. The van der Waals surface area contributed by atoms with Crippen LogP contribution in [0.15, 0.2) is 0 Å². The van der Waals surface area contributed by atoms with Crippen LogP contribution in [0.5, 0.6) is 0 Å². The first-order chi connectivity index (χ1) is 13.4. The number of carbonyl (C=O) groups excluding carboxylic acids is 1. The molecule has 0 rings (SSSR count). The third kappa shape index (κ3) is 18.0. The zero-order valence-corrected chi connectivity index (χ0v) is 21.1. The summed E-state index contributed by atoms with van der Waals surface area (Å²) in [5.74, 6) is 0.721. The van der Waals surface area contributed by atoms with Gasteiger partial charge in [-0.25, -0.2) is 0 Å². The van der Waals surface area contributed by atoms with Gasteiger partial charge in [0.05, 0.1) is 6.61 Å². The van der Waals surface area contributed by atoms with Crippen LogP contribution >= 0.6 is 15.9 Å². The van der Waals surface area contributed by atoms with E-state index in [-0.39, 0.29) is 11.4 Å². The lowest BCUT2D eigenvalue weighted by Crippen LogP contribution is -2.22. The second kappa shape index (κ2) is 18.9. The van der Waals surface area contributed by atoms with Gasteiger partial charge < -0.3 is 4.74 Å². The Balaban J connectivity index is 4.13. The Bertz CT molecular complexity index is 342. The third-order valence-electron chi connectivity index (χ3n) is 5.80. The second-order valence-electron chi connectivity index (χ2n) is 9.43. The molecule has 0 heterocycles. The minimum atomic E-state index is 0.0145. The molecule has 0 aliphatic carbocycles. The van der Waals surface area contributed by atoms with E-state index in [0.717, 1.165) is 18.2 Å². The standard InChI is InChI=1S/C25H49BrO2/c1-5-7-9-12-16-23(17-13-10-8-6-2)18-19-24(27)28-22-25(3,4)20-14-11-15-21-26/h23H,5-22H2,1-4H3. The van der Waals surface area contributed by atoms with Gasteiger partial charge in [0.2, 0.25) is 0 Å². The van der Waals surface area contributed by atoms with Gasteiger partial charge in [-0.1, -0.05) is 121 Å². The number of rotatable bonds is 20. The average Bonchev–Trinajstić information content (AvgIpc) is 2.67. The Hall–Kier alpha value is -0.0500. The Kier molecular flexibility index (Phi) is 18.9. The molecule has 0 unspecified atom stereocenters. The number of halogens is 1. The summed E-state index contributed by atoms with van der Waals surface area (Å²) in [7, 11) is 0. The fraction of sp³-hybridized carbons (Fsp3) is 0.960. The molecule has 0 aromatic carbocycles. The Morgan fingerprint density at radius 3 is 1.93 bits per heavy atom. The third-order valence-corrected chi connectivity index (χ3v) is 6.36. The van der Waals surface area contributed by atoms with Gasteiger partial charge >= 0.3 is 5.97 Å². The summed E-state index contributed by atoms with van der Waals surface area (Å²) in [6.45, 7) is 9.54. The van der Waals surface area contributed by atoms with Crippen LogP contribution in [0.2, 0.25) is 0 Å². The molecule has 0 amide bonds. The summed E-state index contributed by atoms with van der Waals surface area (Å²) in [6, 6.07) is 0. The van der Waals surface area contributed by atoms with Gasteiger partial charge in [0, 0.05) is 11.8 Å². The van der Waals surface area contributed by atoms with Crippen molar-refractivity contribution in [3.05, 3.63) is 0 Å². The average molecular weight is 462 g/mol. The summed E-state index contributed by atoms with van der Waals surface area (Å²) < 4.78 is 5.65. The van der Waals surface area contributed by atoms with Gasteiger partial charge in [-0.3, -0.25) is 4.79 Å². The minimum Gasteiger partial charge on any atom is -0.465 e. The van der Waals surface area contributed by atoms with Gasteiger partial charge in [-0.05, 0) is 30.6 Å². The highest BCUT2D eigenvalue weighted by atomic mass is 79.9. The number of alkyl halides is 1. The van der Waals surface area contributed by atoms with E-state index in [0.29, 0.717) is 18.9 Å². The van der Waals surface area contributed by atoms with Crippen LogP contribution in [0.4, 0.5) is 0 Å². The van der Waals surface area contributed by atoms with E-state index in [4.69, 9.17) is 4.74 Å². The van der Waals surface area contributed by atoms with Crippen LogP contribution in [0.3, 0.4) is 0 Å². The van der Waals surface area contributed by atoms with Crippen LogP contribution in [-0.4, -0.2) is 17.9 Å². The van der Waals surface area contributed by atoms with Crippen LogP contribution in [0.1, 0.15) is 130 Å². The summed E-state index contributed by atoms with van der Waals surface area (Å²) in [4.78, 5) is 12.3. The lowest BCUT2D eigenvalue weighted by molar-refractivity contribution is -0.147. The van der Waals surface area contributed by atoms with Crippen molar-refractivity contribution in [2.75, 3.05) is 11.9 Å². The smallest absolute Gasteiger partial charge is 0.305 e. The molecule has 0 spiro atoms. The summed E-state index contributed by atoms with van der Waals surface area (Å²) in [5, 5.41) is 1.08. The molecule has 2 nitrogen and oxygen atoms in total. The van der Waals surface area contributed by atoms with Crippen molar-refractivity contribution in [1.29, 1.82) is 0 Å². The SMILES string of the molecule is CCCCCCC(CCCCCC)CCC(=O)OCC(C)(C)CCCCCBr. The zero-order chi connectivity index (χ0) is 21.1. The summed E-state index contributed by atoms with van der Waals surface area (Å²) in [6.07, 6.45) is 19.6. The van der Waals surface area contributed by atoms with E-state index >= 15 is 0 Å². The van der Waals surface area contributed by atoms with Crippen LogP contribution in [0, 0.1) is 11.3 Å². The Labute approximate surface area is 185 Å². The lowest BCUT2D eigenvalue weighted by atomic mass is 9.88. The number of esters is 1. The molecule has 3 heteroatoms. The first-order valence-electron chi connectivity index (χ1n) is 12.2. The first-order valence-corrected chi connectivity index (χ1v) is 13.3. The molecule has 0 aromatic heterocycles. The zero-order valence-electron chi connectivity index (χ0n) is 19.5. The van der Waals surface area contributed by atoms with Gasteiger partial charge in [-0.15, -0.1) is 0 Å². The topological polar surface area (TPSA) is 26.3 Å². The molecule has 0 radical (unpaired) electrons. The molecule has 0 saturated heterocycles. The highest BCUT2D eigenvalue weighted by Crippen LogP contribution is 2.26. The van der Waals surface area contributed by atoms with Crippen molar-refractivity contribution in [1.82, 2.24) is 0 Å². The van der Waals surface area contributed by atoms with Crippen molar-refractivity contribution in [3.63, 3.8) is 0 Å². The Morgan fingerprint density at radius 1 is 0.821 bits per heavy atom. The normalized spacial score (nSPS) is 11.9. The molecule has 0 N–H and O–H groups in total. The molecular formula is C25H49BrO2. The minimum absolute atomic E-state index is 0.0145. The van der Waals surface area contributed by atoms with Crippen molar-refractivity contribution in [3.8, 4) is 0 Å². The number of carbonyl (C=O) groups is 1. The van der Waals surface area contributed by atoms with Crippen molar-refractivity contribution >= 4 is 21.9 Å². The van der Waals surface area contributed by atoms with E-state index in [2.05, 4.69) is 43.6 Å². The fourth-order valence-corrected chi connectivity index (χ4v) is 4.17. The predicted molar refractivity (Wildman–Crippen MR) is 127 cm³/mol. The molecule has 28 heavy (non-hydrogen) atoms. The quantitative estimate of drug-likeness (QED) is 0.103. The maximum Gasteiger partial charge on any atom is 0.305 e. The first kappa shape index (κ1) is 27.9. The van der Waals surface area contributed by atoms with Crippen LogP contribution in [-0.2, 0) is 9.53 Å². The summed E-state index contributed by atoms with van der Waals surface area (Å²) in [5.41, 5.74) is 0.0989. The van der Waals surface area contributed by atoms with Crippen molar-refractivity contribution < 1.29 is 9.53 Å². The number of hydrogen-bond donors (Lipinski definition) is 0. The van der Waals surface area contributed by atoms with Gasteiger partial charge in [-0.2, -0.15) is 0 Å². The number of unbranched alkanes of at least 4 members (excludes halogenated alkanes) is 8. The van der Waals surface area contributed by atoms with E-state index in [1.165, 1.54) is 83.5 Å². The molecule has 0 bridgehead atoms. The van der Waals surface area contributed by atoms with Crippen LogP contribution in [0.25, 0.3) is 0 Å². The molecule has 0 aliphatic rings. The van der Waals surface area contributed by atoms with Crippen molar-refractivity contribution in [2.24, 2.45) is 11.3 Å². The van der Waals surface area contributed by atoms with E-state index in [1.807, 2.05) is 0 Å².